The molecule has 2 atom stereocenters. The maximum absolute atomic E-state index is 13.9. The van der Waals surface area contributed by atoms with Gasteiger partial charge in [-0.25, -0.2) is 17.2 Å². The lowest BCUT2D eigenvalue weighted by Crippen LogP contribution is -2.50. The zero-order valence-electron chi connectivity index (χ0n) is 24.9. The van der Waals surface area contributed by atoms with E-state index in [-0.39, 0.29) is 37.4 Å². The molecule has 3 heterocycles. The SMILES string of the molecule is Cc1ccc(S(=O)(=O)n2cccc2C(OC2CCCCO2)C2(COS(C)(=O)=O)CCN(C(=O)OC(C)(C)C)CC2)cc1. The van der Waals surface area contributed by atoms with Crippen molar-refractivity contribution in [3.8, 4) is 0 Å². The van der Waals surface area contributed by atoms with Gasteiger partial charge in [0.05, 0.1) is 23.5 Å². The molecule has 0 spiro atoms. The number of rotatable bonds is 9. The molecule has 2 aliphatic rings. The smallest absolute Gasteiger partial charge is 0.410 e. The van der Waals surface area contributed by atoms with Crippen LogP contribution in [0.1, 0.15) is 70.2 Å². The van der Waals surface area contributed by atoms with Crippen LogP contribution in [0.15, 0.2) is 47.5 Å². The van der Waals surface area contributed by atoms with Gasteiger partial charge in [-0.15, -0.1) is 0 Å². The van der Waals surface area contributed by atoms with Crippen LogP contribution in [0.2, 0.25) is 0 Å². The second-order valence-electron chi connectivity index (χ2n) is 12.2. The molecular weight excluding hydrogens is 584 g/mol. The highest BCUT2D eigenvalue weighted by Gasteiger charge is 2.48. The van der Waals surface area contributed by atoms with Gasteiger partial charge in [-0.2, -0.15) is 8.42 Å². The largest absolute Gasteiger partial charge is 0.444 e. The Balaban J connectivity index is 1.76. The molecule has 2 unspecified atom stereocenters. The zero-order valence-corrected chi connectivity index (χ0v) is 26.6. The number of ether oxygens (including phenoxy) is 3. The number of carbonyl (C=O) groups is 1. The standard InChI is InChI=1S/C29H42N2O9S2/c1-22-11-13-23(14-12-22)42(35,36)31-17-8-9-24(31)26(39-25-10-6-7-20-37-25)29(21-38-41(5,33)34)15-18-30(19-16-29)27(32)40-28(2,3)4/h8-9,11-14,17,25-26H,6-7,10,15-16,18-21H2,1-5H3. The molecule has 0 aliphatic carbocycles. The van der Waals surface area contributed by atoms with E-state index in [0.717, 1.165) is 24.7 Å². The molecule has 0 N–H and O–H groups in total. The van der Waals surface area contributed by atoms with E-state index in [1.165, 1.54) is 10.2 Å². The maximum Gasteiger partial charge on any atom is 0.410 e. The lowest BCUT2D eigenvalue weighted by molar-refractivity contribution is -0.225. The van der Waals surface area contributed by atoms with Gasteiger partial charge in [-0.3, -0.25) is 4.18 Å². The molecular formula is C29H42N2O9S2. The minimum atomic E-state index is -4.03. The quantitative estimate of drug-likeness (QED) is 0.366. The third kappa shape index (κ3) is 7.93. The molecule has 4 rings (SSSR count). The van der Waals surface area contributed by atoms with Gasteiger partial charge in [0.1, 0.15) is 11.7 Å². The molecule has 0 saturated carbocycles. The Morgan fingerprint density at radius 1 is 1.07 bits per heavy atom. The minimum absolute atomic E-state index is 0.111. The first-order valence-corrected chi connectivity index (χ1v) is 17.4. The van der Waals surface area contributed by atoms with Crippen LogP contribution in [0, 0.1) is 12.3 Å². The van der Waals surface area contributed by atoms with E-state index in [9.17, 15) is 21.6 Å². The lowest BCUT2D eigenvalue weighted by Gasteiger charge is -2.46. The maximum atomic E-state index is 13.9. The van der Waals surface area contributed by atoms with Crippen molar-refractivity contribution in [3.63, 3.8) is 0 Å². The number of piperidine rings is 1. The summed E-state index contributed by atoms with van der Waals surface area (Å²) in [6, 6.07) is 9.86. The molecule has 13 heteroatoms. The third-order valence-corrected chi connectivity index (χ3v) is 9.81. The van der Waals surface area contributed by atoms with E-state index in [0.29, 0.717) is 18.7 Å². The first-order chi connectivity index (χ1) is 19.6. The summed E-state index contributed by atoms with van der Waals surface area (Å²) in [4.78, 5) is 14.5. The van der Waals surface area contributed by atoms with Crippen molar-refractivity contribution in [1.82, 2.24) is 8.87 Å². The highest BCUT2D eigenvalue weighted by molar-refractivity contribution is 7.90. The van der Waals surface area contributed by atoms with Crippen LogP contribution in [0.25, 0.3) is 0 Å². The lowest BCUT2D eigenvalue weighted by atomic mass is 9.73. The Kier molecular flexibility index (Phi) is 9.78. The summed E-state index contributed by atoms with van der Waals surface area (Å²) >= 11 is 0. The summed E-state index contributed by atoms with van der Waals surface area (Å²) in [5, 5.41) is 0. The number of hydrogen-bond acceptors (Lipinski definition) is 9. The van der Waals surface area contributed by atoms with Gasteiger partial charge in [0.2, 0.25) is 0 Å². The average Bonchev–Trinajstić information content (AvgIpc) is 3.41. The van der Waals surface area contributed by atoms with Crippen LogP contribution < -0.4 is 0 Å². The van der Waals surface area contributed by atoms with Crippen molar-refractivity contribution in [1.29, 1.82) is 0 Å². The summed E-state index contributed by atoms with van der Waals surface area (Å²) in [6.45, 7) is 7.94. The van der Waals surface area contributed by atoms with Gasteiger partial charge >= 0.3 is 6.09 Å². The zero-order chi connectivity index (χ0) is 30.8. The van der Waals surface area contributed by atoms with Crippen LogP contribution in [0.3, 0.4) is 0 Å². The van der Waals surface area contributed by atoms with E-state index >= 15 is 0 Å². The number of aryl methyl sites for hydroxylation is 1. The molecule has 1 aromatic heterocycles. The number of nitrogens with zero attached hydrogens (tertiary/aromatic N) is 2. The van der Waals surface area contributed by atoms with Gasteiger partial charge < -0.3 is 19.1 Å². The molecule has 11 nitrogen and oxygen atoms in total. The number of carbonyl (C=O) groups excluding carboxylic acids is 1. The monoisotopic (exact) mass is 626 g/mol. The van der Waals surface area contributed by atoms with E-state index in [4.69, 9.17) is 18.4 Å². The molecule has 2 aromatic rings. The highest BCUT2D eigenvalue weighted by Crippen LogP contribution is 2.48. The van der Waals surface area contributed by atoms with Crippen LogP contribution in [-0.2, 0) is 38.5 Å². The number of likely N-dealkylation sites (tertiary alicyclic amines) is 1. The first-order valence-electron chi connectivity index (χ1n) is 14.2. The van der Waals surface area contributed by atoms with Gasteiger partial charge in [0, 0.05) is 31.3 Å². The molecule has 0 radical (unpaired) electrons. The van der Waals surface area contributed by atoms with E-state index in [1.54, 1.807) is 62.1 Å². The summed E-state index contributed by atoms with van der Waals surface area (Å²) in [7, 11) is -7.88. The van der Waals surface area contributed by atoms with Crippen LogP contribution in [-0.4, -0.2) is 76.3 Å². The second kappa shape index (κ2) is 12.7. The van der Waals surface area contributed by atoms with Crippen LogP contribution >= 0.6 is 0 Å². The Bertz CT molecular complexity index is 1430. The molecule has 42 heavy (non-hydrogen) atoms. The normalized spacial score (nSPS) is 20.7. The number of benzene rings is 1. The van der Waals surface area contributed by atoms with E-state index < -0.39 is 49.6 Å². The van der Waals surface area contributed by atoms with Crippen molar-refractivity contribution in [3.05, 3.63) is 53.9 Å². The third-order valence-electron chi connectivity index (χ3n) is 7.54. The summed E-state index contributed by atoms with van der Waals surface area (Å²) in [5.41, 5.74) is -0.444. The Morgan fingerprint density at radius 3 is 2.31 bits per heavy atom. The van der Waals surface area contributed by atoms with Crippen molar-refractivity contribution in [2.45, 2.75) is 82.7 Å². The fourth-order valence-corrected chi connectivity index (χ4v) is 7.11. The Hall–Kier alpha value is -2.45. The molecule has 0 bridgehead atoms. The van der Waals surface area contributed by atoms with Crippen molar-refractivity contribution >= 4 is 26.2 Å². The van der Waals surface area contributed by atoms with Crippen LogP contribution in [0.5, 0.6) is 0 Å². The Morgan fingerprint density at radius 2 is 1.74 bits per heavy atom. The molecule has 2 fully saturated rings. The number of aromatic nitrogens is 1. The molecule has 2 saturated heterocycles. The summed E-state index contributed by atoms with van der Waals surface area (Å²) < 4.78 is 76.8. The van der Waals surface area contributed by atoms with Gasteiger partial charge in [0.15, 0.2) is 6.29 Å². The molecule has 1 amide bonds. The topological polar surface area (TPSA) is 130 Å². The second-order valence-corrected chi connectivity index (χ2v) is 15.6. The predicted molar refractivity (Wildman–Crippen MR) is 156 cm³/mol. The number of hydrogen-bond donors (Lipinski definition) is 0. The van der Waals surface area contributed by atoms with E-state index in [1.807, 2.05) is 6.92 Å². The molecule has 1 aromatic carbocycles. The fraction of sp³-hybridized carbons (Fsp3) is 0.621. The van der Waals surface area contributed by atoms with Gasteiger partial charge in [-0.1, -0.05) is 17.7 Å². The van der Waals surface area contributed by atoms with Crippen molar-refractivity contribution < 1.29 is 40.0 Å². The highest BCUT2D eigenvalue weighted by atomic mass is 32.2. The summed E-state index contributed by atoms with van der Waals surface area (Å²) in [5.74, 6) is 0. The van der Waals surface area contributed by atoms with Crippen molar-refractivity contribution in [2.24, 2.45) is 5.41 Å². The molecule has 2 aliphatic heterocycles. The van der Waals surface area contributed by atoms with Gasteiger partial charge in [0.25, 0.3) is 20.1 Å². The first kappa shape index (κ1) is 32.5. The van der Waals surface area contributed by atoms with Crippen LogP contribution in [0.4, 0.5) is 4.79 Å². The minimum Gasteiger partial charge on any atom is -0.444 e. The number of amides is 1. The van der Waals surface area contributed by atoms with Crippen molar-refractivity contribution in [2.75, 3.05) is 32.6 Å². The Labute approximate surface area is 249 Å². The van der Waals surface area contributed by atoms with Gasteiger partial charge in [-0.05, 0) is 84.1 Å². The predicted octanol–water partition coefficient (Wildman–Crippen LogP) is 4.61. The summed E-state index contributed by atoms with van der Waals surface area (Å²) in [6.07, 6.45) is 3.32. The molecule has 234 valence electrons. The fourth-order valence-electron chi connectivity index (χ4n) is 5.29. The van der Waals surface area contributed by atoms with E-state index in [2.05, 4.69) is 0 Å². The average molecular weight is 627 g/mol.